The molecule has 0 radical (unpaired) electrons. The van der Waals surface area contributed by atoms with Crippen LogP contribution in [-0.2, 0) is 6.54 Å². The minimum absolute atomic E-state index is 0.248. The number of aryl methyl sites for hydroxylation is 1. The van der Waals surface area contributed by atoms with Crippen molar-refractivity contribution in [2.75, 3.05) is 7.05 Å². The van der Waals surface area contributed by atoms with Gasteiger partial charge in [-0.3, -0.25) is 14.1 Å². The Morgan fingerprint density at radius 1 is 0.909 bits per heavy atom. The van der Waals surface area contributed by atoms with Gasteiger partial charge in [0.15, 0.2) is 0 Å². The van der Waals surface area contributed by atoms with Crippen LogP contribution in [0.2, 0.25) is 0 Å². The largest absolute Gasteiger partial charge is 0.416 e. The molecule has 0 bridgehead atoms. The maximum Gasteiger partial charge on any atom is 0.250 e. The molecule has 172 valence electrons. The number of hydrogen-bond acceptors (Lipinski definition) is 7. The summed E-state index contributed by atoms with van der Waals surface area (Å²) in [5, 5.41) is 11.4. The van der Waals surface area contributed by atoms with E-state index in [1.165, 1.54) is 5.56 Å². The zero-order chi connectivity index (χ0) is 23.6. The summed E-state index contributed by atoms with van der Waals surface area (Å²) < 4.78 is 26.8. The fraction of sp³-hybridized carbons (Fsp3) is 0.240. The maximum atomic E-state index is 10.4. The number of rotatable bonds is 7. The molecular formula is C25H28N4O3S. The first-order chi connectivity index (χ1) is 15.8. The molecule has 0 fully saturated rings. The van der Waals surface area contributed by atoms with E-state index < -0.39 is 10.6 Å². The van der Waals surface area contributed by atoms with Gasteiger partial charge in [0, 0.05) is 34.8 Å². The zero-order valence-electron chi connectivity index (χ0n) is 19.1. The molecule has 7 nitrogen and oxygen atoms in total. The van der Waals surface area contributed by atoms with Crippen molar-refractivity contribution in [1.29, 1.82) is 0 Å². The van der Waals surface area contributed by atoms with Gasteiger partial charge < -0.3 is 9.73 Å². The summed E-state index contributed by atoms with van der Waals surface area (Å²) in [6.07, 6.45) is 1.78. The molecule has 0 unspecified atom stereocenters. The molecule has 0 aliphatic carbocycles. The zero-order valence-corrected chi connectivity index (χ0v) is 19.9. The lowest BCUT2D eigenvalue weighted by atomic mass is 10.0. The number of nitrogens with zero attached hydrogens (tertiary/aromatic N) is 3. The molecule has 2 aromatic carbocycles. The fourth-order valence-corrected chi connectivity index (χ4v) is 4.53. The second-order valence-corrected chi connectivity index (χ2v) is 10.8. The van der Waals surface area contributed by atoms with E-state index in [-0.39, 0.29) is 5.25 Å². The van der Waals surface area contributed by atoms with E-state index in [4.69, 9.17) is 4.42 Å². The van der Waals surface area contributed by atoms with Gasteiger partial charge in [0.25, 0.3) is 0 Å². The van der Waals surface area contributed by atoms with Gasteiger partial charge in [0.1, 0.15) is 0 Å². The standard InChI is InChI=1S/C25H28N4O3S/c1-16(2)33(30,31)22-11-9-19(10-12-22)21-13-23(17(3)27-15-21)25-29-28-24(32-25)20-7-5-18(6-8-20)14-26-4/h5-13,15-16,26,30-31H,14H2,1-4H3. The summed E-state index contributed by atoms with van der Waals surface area (Å²) in [4.78, 5) is 5.05. The van der Waals surface area contributed by atoms with Crippen LogP contribution in [0.4, 0.5) is 0 Å². The Labute approximate surface area is 195 Å². The molecule has 4 rings (SSSR count). The van der Waals surface area contributed by atoms with Crippen molar-refractivity contribution in [2.45, 2.75) is 37.5 Å². The van der Waals surface area contributed by atoms with Crippen LogP contribution in [0, 0.1) is 6.92 Å². The second kappa shape index (κ2) is 9.44. The predicted molar refractivity (Wildman–Crippen MR) is 132 cm³/mol. The van der Waals surface area contributed by atoms with E-state index in [1.807, 2.05) is 56.4 Å². The van der Waals surface area contributed by atoms with Crippen LogP contribution < -0.4 is 5.32 Å². The Bertz CT molecular complexity index is 1240. The molecule has 2 heterocycles. The lowest BCUT2D eigenvalue weighted by molar-refractivity contribution is 0.476. The smallest absolute Gasteiger partial charge is 0.250 e. The highest BCUT2D eigenvalue weighted by Gasteiger charge is 2.20. The molecule has 8 heteroatoms. The summed E-state index contributed by atoms with van der Waals surface area (Å²) in [5.41, 5.74) is 5.35. The van der Waals surface area contributed by atoms with Gasteiger partial charge in [-0.25, -0.2) is 0 Å². The van der Waals surface area contributed by atoms with Crippen LogP contribution in [0.5, 0.6) is 0 Å². The van der Waals surface area contributed by atoms with E-state index in [2.05, 4.69) is 20.5 Å². The lowest BCUT2D eigenvalue weighted by Gasteiger charge is -2.36. The fourth-order valence-electron chi connectivity index (χ4n) is 3.45. The summed E-state index contributed by atoms with van der Waals surface area (Å²) in [6.45, 7) is 6.30. The molecule has 0 amide bonds. The lowest BCUT2D eigenvalue weighted by Crippen LogP contribution is -2.10. The first-order valence-electron chi connectivity index (χ1n) is 10.7. The number of aromatic nitrogens is 3. The van der Waals surface area contributed by atoms with Crippen LogP contribution in [0.3, 0.4) is 0 Å². The molecule has 0 saturated heterocycles. The van der Waals surface area contributed by atoms with Crippen LogP contribution in [0.15, 0.2) is 70.1 Å². The molecule has 0 saturated carbocycles. The number of benzene rings is 2. The Morgan fingerprint density at radius 2 is 1.55 bits per heavy atom. The molecular weight excluding hydrogens is 436 g/mol. The van der Waals surface area contributed by atoms with Gasteiger partial charge in [-0.05, 0) is 69.3 Å². The quantitative estimate of drug-likeness (QED) is 0.307. The normalized spacial score (nSPS) is 12.3. The van der Waals surface area contributed by atoms with Crippen LogP contribution >= 0.6 is 10.6 Å². The van der Waals surface area contributed by atoms with Crippen molar-refractivity contribution in [3.8, 4) is 34.0 Å². The van der Waals surface area contributed by atoms with Gasteiger partial charge in [0.2, 0.25) is 11.8 Å². The molecule has 0 spiro atoms. The molecule has 2 aromatic heterocycles. The van der Waals surface area contributed by atoms with Crippen molar-refractivity contribution >= 4 is 10.6 Å². The van der Waals surface area contributed by atoms with E-state index in [0.29, 0.717) is 16.7 Å². The Kier molecular flexibility index (Phi) is 6.62. The SMILES string of the molecule is CNCc1ccc(-c2nnc(-c3cc(-c4ccc(S(O)(O)C(C)C)cc4)cnc3C)o2)cc1. The third-order valence-electron chi connectivity index (χ3n) is 5.52. The van der Waals surface area contributed by atoms with Gasteiger partial charge in [-0.1, -0.05) is 24.3 Å². The van der Waals surface area contributed by atoms with E-state index in [9.17, 15) is 9.11 Å². The summed E-state index contributed by atoms with van der Waals surface area (Å²) in [5.74, 6) is 0.857. The van der Waals surface area contributed by atoms with E-state index in [0.717, 1.165) is 34.5 Å². The van der Waals surface area contributed by atoms with Crippen molar-refractivity contribution in [1.82, 2.24) is 20.5 Å². The Hall–Kier alpha value is -3.04. The van der Waals surface area contributed by atoms with Crippen molar-refractivity contribution in [3.05, 3.63) is 72.1 Å². The second-order valence-electron chi connectivity index (χ2n) is 8.16. The highest BCUT2D eigenvalue weighted by atomic mass is 32.3. The average Bonchev–Trinajstić information content (AvgIpc) is 3.30. The van der Waals surface area contributed by atoms with Gasteiger partial charge in [-0.15, -0.1) is 10.2 Å². The molecule has 3 N–H and O–H groups in total. The Balaban J connectivity index is 1.62. The molecule has 0 aliphatic heterocycles. The highest BCUT2D eigenvalue weighted by molar-refractivity contribution is 8.24. The van der Waals surface area contributed by atoms with Crippen molar-refractivity contribution in [3.63, 3.8) is 0 Å². The van der Waals surface area contributed by atoms with Crippen molar-refractivity contribution in [2.24, 2.45) is 0 Å². The van der Waals surface area contributed by atoms with Gasteiger partial charge >= 0.3 is 0 Å². The monoisotopic (exact) mass is 464 g/mol. The van der Waals surface area contributed by atoms with Gasteiger partial charge in [-0.2, -0.15) is 10.6 Å². The third-order valence-corrected chi connectivity index (χ3v) is 7.80. The molecule has 0 aliphatic rings. The average molecular weight is 465 g/mol. The van der Waals surface area contributed by atoms with E-state index >= 15 is 0 Å². The van der Waals surface area contributed by atoms with E-state index in [1.54, 1.807) is 32.2 Å². The maximum absolute atomic E-state index is 10.4. The van der Waals surface area contributed by atoms with Gasteiger partial charge in [0.05, 0.1) is 10.5 Å². The number of hydrogen-bond donors (Lipinski definition) is 3. The van der Waals surface area contributed by atoms with Crippen LogP contribution in [0.25, 0.3) is 34.0 Å². The molecule has 4 aromatic rings. The minimum atomic E-state index is -2.82. The summed E-state index contributed by atoms with van der Waals surface area (Å²) in [6, 6.07) is 17.2. The predicted octanol–water partition coefficient (Wildman–Crippen LogP) is 6.01. The summed E-state index contributed by atoms with van der Waals surface area (Å²) >= 11 is 0. The number of nitrogens with one attached hydrogen (secondary N) is 1. The van der Waals surface area contributed by atoms with Crippen LogP contribution in [0.1, 0.15) is 25.1 Å². The first-order valence-corrected chi connectivity index (χ1v) is 12.3. The minimum Gasteiger partial charge on any atom is -0.416 e. The highest BCUT2D eigenvalue weighted by Crippen LogP contribution is 2.52. The number of pyridine rings is 1. The summed E-state index contributed by atoms with van der Waals surface area (Å²) in [7, 11) is -0.903. The third kappa shape index (κ3) is 4.84. The topological polar surface area (TPSA) is 104 Å². The Morgan fingerprint density at radius 3 is 2.18 bits per heavy atom. The molecule has 0 atom stereocenters. The van der Waals surface area contributed by atoms with Crippen molar-refractivity contribution < 1.29 is 13.5 Å². The first kappa shape index (κ1) is 23.1. The molecule has 33 heavy (non-hydrogen) atoms. The van der Waals surface area contributed by atoms with Crippen LogP contribution in [-0.4, -0.2) is 36.6 Å².